The van der Waals surface area contributed by atoms with Crippen LogP contribution in [0.5, 0.6) is 11.5 Å². The molecule has 0 aromatic heterocycles. The lowest BCUT2D eigenvalue weighted by Gasteiger charge is -2.16. The Labute approximate surface area is 195 Å². The molecule has 4 N–H and O–H groups in total. The summed E-state index contributed by atoms with van der Waals surface area (Å²) in [6.07, 6.45) is -1.17. The number of esters is 1. The van der Waals surface area contributed by atoms with E-state index in [0.717, 1.165) is 0 Å². The highest BCUT2D eigenvalue weighted by atomic mass is 32.2. The lowest BCUT2D eigenvalue weighted by Crippen LogP contribution is -2.30. The van der Waals surface area contributed by atoms with Crippen molar-refractivity contribution in [2.24, 2.45) is 0 Å². The standard InChI is InChI=1S/C23H21N3O7S/c1-14(22(27)25-16-9-10-20-21(12-16)32-13-31-20)33-23(28)18-7-2-3-8-19(18)26-34(29,30)17-6-4-5-15(24)11-17/h2-12,14,26H,13,24H2,1H3,(H,25,27). The van der Waals surface area contributed by atoms with E-state index >= 15 is 0 Å². The third-order valence-electron chi connectivity index (χ3n) is 4.85. The number of amides is 1. The molecule has 176 valence electrons. The van der Waals surface area contributed by atoms with E-state index in [-0.39, 0.29) is 28.6 Å². The number of ether oxygens (including phenoxy) is 3. The van der Waals surface area contributed by atoms with Crippen LogP contribution in [0.3, 0.4) is 0 Å². The first-order valence-corrected chi connectivity index (χ1v) is 11.6. The predicted molar refractivity (Wildman–Crippen MR) is 124 cm³/mol. The SMILES string of the molecule is CC(OC(=O)c1ccccc1NS(=O)(=O)c1cccc(N)c1)C(=O)Nc1ccc2c(c1)OCO2. The molecule has 3 aromatic carbocycles. The number of benzene rings is 3. The van der Waals surface area contributed by atoms with Crippen LogP contribution in [0.15, 0.2) is 71.6 Å². The van der Waals surface area contributed by atoms with Gasteiger partial charge in [0.05, 0.1) is 16.1 Å². The van der Waals surface area contributed by atoms with Crippen LogP contribution in [0.2, 0.25) is 0 Å². The van der Waals surface area contributed by atoms with Gasteiger partial charge in [-0.3, -0.25) is 9.52 Å². The van der Waals surface area contributed by atoms with Crippen LogP contribution >= 0.6 is 0 Å². The van der Waals surface area contributed by atoms with E-state index < -0.39 is 28.0 Å². The third kappa shape index (κ3) is 5.04. The van der Waals surface area contributed by atoms with Crippen LogP contribution in [0.25, 0.3) is 0 Å². The van der Waals surface area contributed by atoms with Crippen molar-refractivity contribution in [3.05, 3.63) is 72.3 Å². The molecule has 4 rings (SSSR count). The highest BCUT2D eigenvalue weighted by Crippen LogP contribution is 2.34. The molecule has 1 unspecified atom stereocenters. The zero-order valence-electron chi connectivity index (χ0n) is 18.0. The average molecular weight is 484 g/mol. The summed E-state index contributed by atoms with van der Waals surface area (Å²) in [5.74, 6) is -0.400. The van der Waals surface area contributed by atoms with Crippen molar-refractivity contribution in [1.29, 1.82) is 0 Å². The fraction of sp³-hybridized carbons (Fsp3) is 0.130. The number of hydrogen-bond donors (Lipinski definition) is 3. The fourth-order valence-electron chi connectivity index (χ4n) is 3.13. The minimum atomic E-state index is -4.02. The molecule has 10 nitrogen and oxygen atoms in total. The normalized spacial score (nSPS) is 13.1. The van der Waals surface area contributed by atoms with Crippen molar-refractivity contribution in [3.8, 4) is 11.5 Å². The van der Waals surface area contributed by atoms with Crippen LogP contribution in [-0.2, 0) is 19.6 Å². The fourth-order valence-corrected chi connectivity index (χ4v) is 4.27. The number of hydrogen-bond acceptors (Lipinski definition) is 8. The van der Waals surface area contributed by atoms with Gasteiger partial charge in [0, 0.05) is 17.4 Å². The second-order valence-corrected chi connectivity index (χ2v) is 9.01. The van der Waals surface area contributed by atoms with Crippen LogP contribution in [0.1, 0.15) is 17.3 Å². The van der Waals surface area contributed by atoms with E-state index in [4.69, 9.17) is 19.9 Å². The Morgan fingerprint density at radius 3 is 2.56 bits per heavy atom. The van der Waals surface area contributed by atoms with E-state index in [1.165, 1.54) is 37.3 Å². The summed E-state index contributed by atoms with van der Waals surface area (Å²) in [4.78, 5) is 25.2. The summed E-state index contributed by atoms with van der Waals surface area (Å²) in [6, 6.07) is 16.5. The predicted octanol–water partition coefficient (Wildman–Crippen LogP) is 2.98. The Morgan fingerprint density at radius 1 is 1.00 bits per heavy atom. The van der Waals surface area contributed by atoms with E-state index in [0.29, 0.717) is 17.2 Å². The molecule has 0 aliphatic carbocycles. The molecule has 34 heavy (non-hydrogen) atoms. The molecular weight excluding hydrogens is 462 g/mol. The number of carbonyl (C=O) groups excluding carboxylic acids is 2. The minimum Gasteiger partial charge on any atom is -0.454 e. The molecule has 3 aromatic rings. The zero-order valence-corrected chi connectivity index (χ0v) is 18.8. The van der Waals surface area contributed by atoms with Gasteiger partial charge in [-0.15, -0.1) is 0 Å². The van der Waals surface area contributed by atoms with Crippen molar-refractivity contribution < 1.29 is 32.2 Å². The van der Waals surface area contributed by atoms with Crippen molar-refractivity contribution in [2.45, 2.75) is 17.9 Å². The van der Waals surface area contributed by atoms with Gasteiger partial charge in [0.25, 0.3) is 15.9 Å². The highest BCUT2D eigenvalue weighted by Gasteiger charge is 2.24. The smallest absolute Gasteiger partial charge is 0.341 e. The van der Waals surface area contributed by atoms with Crippen LogP contribution in [0, 0.1) is 0 Å². The monoisotopic (exact) mass is 483 g/mol. The van der Waals surface area contributed by atoms with E-state index in [2.05, 4.69) is 10.0 Å². The Morgan fingerprint density at radius 2 is 1.76 bits per heavy atom. The van der Waals surface area contributed by atoms with E-state index in [1.807, 2.05) is 0 Å². The van der Waals surface area contributed by atoms with Gasteiger partial charge in [0.2, 0.25) is 6.79 Å². The summed E-state index contributed by atoms with van der Waals surface area (Å²) in [5, 5.41) is 2.63. The molecule has 0 saturated heterocycles. The van der Waals surface area contributed by atoms with Gasteiger partial charge in [-0.1, -0.05) is 18.2 Å². The van der Waals surface area contributed by atoms with Crippen LogP contribution in [-0.4, -0.2) is 33.2 Å². The van der Waals surface area contributed by atoms with Gasteiger partial charge >= 0.3 is 5.97 Å². The van der Waals surface area contributed by atoms with Gasteiger partial charge in [0.1, 0.15) is 0 Å². The lowest BCUT2D eigenvalue weighted by atomic mass is 10.2. The number of carbonyl (C=O) groups is 2. The number of nitrogens with one attached hydrogen (secondary N) is 2. The van der Waals surface area contributed by atoms with Crippen molar-refractivity contribution >= 4 is 39.0 Å². The highest BCUT2D eigenvalue weighted by molar-refractivity contribution is 7.92. The summed E-state index contributed by atoms with van der Waals surface area (Å²) in [7, 11) is -4.02. The molecule has 1 aliphatic rings. The first-order valence-electron chi connectivity index (χ1n) is 10.1. The second-order valence-electron chi connectivity index (χ2n) is 7.33. The number of rotatable bonds is 7. The number of sulfonamides is 1. The summed E-state index contributed by atoms with van der Waals surface area (Å²) < 4.78 is 43.6. The van der Waals surface area contributed by atoms with Crippen molar-refractivity contribution in [2.75, 3.05) is 22.6 Å². The van der Waals surface area contributed by atoms with Crippen LogP contribution < -0.4 is 25.2 Å². The molecule has 0 spiro atoms. The lowest BCUT2D eigenvalue weighted by molar-refractivity contribution is -0.123. The number of anilines is 3. The number of para-hydroxylation sites is 1. The van der Waals surface area contributed by atoms with Crippen molar-refractivity contribution in [3.63, 3.8) is 0 Å². The van der Waals surface area contributed by atoms with Gasteiger partial charge in [-0.05, 0) is 49.4 Å². The van der Waals surface area contributed by atoms with Gasteiger partial charge in [-0.25, -0.2) is 13.2 Å². The van der Waals surface area contributed by atoms with E-state index in [9.17, 15) is 18.0 Å². The number of fused-ring (bicyclic) bond motifs is 1. The molecule has 0 fully saturated rings. The maximum atomic E-state index is 12.8. The topological polar surface area (TPSA) is 146 Å². The van der Waals surface area contributed by atoms with E-state index in [1.54, 1.807) is 36.4 Å². The van der Waals surface area contributed by atoms with Crippen LogP contribution in [0.4, 0.5) is 17.1 Å². The summed E-state index contributed by atoms with van der Waals surface area (Å²) in [5.41, 5.74) is 6.33. The Balaban J connectivity index is 1.45. The Hall–Kier alpha value is -4.25. The molecule has 0 saturated carbocycles. The molecule has 1 aliphatic heterocycles. The Kier molecular flexibility index (Phi) is 6.28. The Bertz CT molecular complexity index is 1360. The maximum absolute atomic E-state index is 12.8. The minimum absolute atomic E-state index is 0.00157. The molecule has 1 atom stereocenters. The molecule has 1 amide bonds. The van der Waals surface area contributed by atoms with Gasteiger partial charge < -0.3 is 25.3 Å². The number of nitrogens with two attached hydrogens (primary N) is 1. The molecule has 1 heterocycles. The zero-order chi connectivity index (χ0) is 24.3. The number of nitrogen functional groups attached to an aromatic ring is 1. The first-order chi connectivity index (χ1) is 16.2. The summed E-state index contributed by atoms with van der Waals surface area (Å²) >= 11 is 0. The quantitative estimate of drug-likeness (QED) is 0.343. The average Bonchev–Trinajstić information content (AvgIpc) is 3.27. The second kappa shape index (κ2) is 9.32. The third-order valence-corrected chi connectivity index (χ3v) is 6.22. The molecule has 0 bridgehead atoms. The maximum Gasteiger partial charge on any atom is 0.341 e. The van der Waals surface area contributed by atoms with Gasteiger partial charge in [0.15, 0.2) is 17.6 Å². The molecule has 11 heteroatoms. The first kappa shape index (κ1) is 22.9. The van der Waals surface area contributed by atoms with Crippen molar-refractivity contribution in [1.82, 2.24) is 0 Å². The van der Waals surface area contributed by atoms with Gasteiger partial charge in [-0.2, -0.15) is 0 Å². The molecular formula is C23H21N3O7S. The molecule has 0 radical (unpaired) electrons. The summed E-state index contributed by atoms with van der Waals surface area (Å²) in [6.45, 7) is 1.50. The largest absolute Gasteiger partial charge is 0.454 e.